The molecule has 0 unspecified atom stereocenters. The maximum atomic E-state index is 13.0. The summed E-state index contributed by atoms with van der Waals surface area (Å²) in [7, 11) is 0. The summed E-state index contributed by atoms with van der Waals surface area (Å²) in [6.45, 7) is 1.71. The summed E-state index contributed by atoms with van der Waals surface area (Å²) < 4.78 is 39.8. The van der Waals surface area contributed by atoms with E-state index in [0.717, 1.165) is 12.8 Å². The van der Waals surface area contributed by atoms with Crippen molar-refractivity contribution in [1.82, 2.24) is 24.7 Å². The predicted molar refractivity (Wildman–Crippen MR) is 92.5 cm³/mol. The van der Waals surface area contributed by atoms with Crippen molar-refractivity contribution in [3.8, 4) is 0 Å². The number of rotatable bonds is 3. The van der Waals surface area contributed by atoms with Crippen molar-refractivity contribution in [2.75, 3.05) is 31.1 Å². The zero-order chi connectivity index (χ0) is 19.9. The molecule has 2 aliphatic rings. The number of alkyl halides is 3. The number of nitrogens with zero attached hydrogens (tertiary/aromatic N) is 6. The van der Waals surface area contributed by atoms with Gasteiger partial charge >= 0.3 is 6.18 Å². The van der Waals surface area contributed by atoms with Gasteiger partial charge in [-0.05, 0) is 37.8 Å². The summed E-state index contributed by atoms with van der Waals surface area (Å²) in [4.78, 5) is 16.4. The molecule has 1 amide bonds. The van der Waals surface area contributed by atoms with Gasteiger partial charge in [0, 0.05) is 25.6 Å². The Balaban J connectivity index is 1.46. The average molecular weight is 398 g/mol. The Labute approximate surface area is 158 Å². The van der Waals surface area contributed by atoms with Crippen molar-refractivity contribution >= 4 is 17.4 Å². The molecule has 2 fully saturated rings. The molecule has 4 heterocycles. The minimum Gasteiger partial charge on any atom is -0.394 e. The molecule has 2 aromatic rings. The van der Waals surface area contributed by atoms with Crippen LogP contribution in [0.4, 0.5) is 19.0 Å². The van der Waals surface area contributed by atoms with E-state index in [0.29, 0.717) is 42.8 Å². The van der Waals surface area contributed by atoms with Gasteiger partial charge in [0.1, 0.15) is 5.82 Å². The Morgan fingerprint density at radius 1 is 1.14 bits per heavy atom. The Bertz CT molecular complexity index is 862. The van der Waals surface area contributed by atoms with E-state index in [1.54, 1.807) is 11.0 Å². The smallest absolute Gasteiger partial charge is 0.394 e. The average Bonchev–Trinajstić information content (AvgIpc) is 3.33. The topological polar surface area (TPSA) is 86.9 Å². The van der Waals surface area contributed by atoms with E-state index < -0.39 is 12.0 Å². The SMILES string of the molecule is O=C(C1CCN(c2ccc3nnc(C(F)(F)F)n3n2)CC1)N1CCC[C@@H]1CO. The van der Waals surface area contributed by atoms with Crippen LogP contribution in [0.25, 0.3) is 5.65 Å². The van der Waals surface area contributed by atoms with Gasteiger partial charge < -0.3 is 14.9 Å². The molecule has 0 aliphatic carbocycles. The van der Waals surface area contributed by atoms with E-state index in [9.17, 15) is 23.1 Å². The van der Waals surface area contributed by atoms with E-state index in [1.807, 2.05) is 4.90 Å². The Morgan fingerprint density at radius 2 is 1.89 bits per heavy atom. The molecule has 0 spiro atoms. The second kappa shape index (κ2) is 7.19. The molecule has 2 aromatic heterocycles. The number of anilines is 1. The number of aliphatic hydroxyl groups is 1. The summed E-state index contributed by atoms with van der Waals surface area (Å²) >= 11 is 0. The summed E-state index contributed by atoms with van der Waals surface area (Å²) in [5, 5.41) is 20.2. The molecule has 11 heteroatoms. The highest BCUT2D eigenvalue weighted by Gasteiger charge is 2.38. The van der Waals surface area contributed by atoms with Gasteiger partial charge in [-0.1, -0.05) is 0 Å². The molecule has 0 saturated carbocycles. The number of fused-ring (bicyclic) bond motifs is 1. The van der Waals surface area contributed by atoms with Gasteiger partial charge in [0.2, 0.25) is 5.91 Å². The molecule has 4 rings (SSSR count). The molecule has 2 aliphatic heterocycles. The predicted octanol–water partition coefficient (Wildman–Crippen LogP) is 1.34. The van der Waals surface area contributed by atoms with Crippen LogP contribution >= 0.6 is 0 Å². The molecule has 0 radical (unpaired) electrons. The highest BCUT2D eigenvalue weighted by Crippen LogP contribution is 2.29. The fourth-order valence-electron chi connectivity index (χ4n) is 4.03. The molecule has 8 nitrogen and oxygen atoms in total. The summed E-state index contributed by atoms with van der Waals surface area (Å²) in [6.07, 6.45) is -1.71. The number of hydrogen-bond acceptors (Lipinski definition) is 6. The lowest BCUT2D eigenvalue weighted by Crippen LogP contribution is -2.45. The zero-order valence-corrected chi connectivity index (χ0v) is 15.1. The fourth-order valence-corrected chi connectivity index (χ4v) is 4.03. The highest BCUT2D eigenvalue weighted by molar-refractivity contribution is 5.79. The standard InChI is InChI=1S/C17H21F3N6O2/c18-17(19,20)16-22-21-13-3-4-14(23-26(13)16)24-8-5-11(6-9-24)15(28)25-7-1-2-12(25)10-27/h3-4,11-12,27H,1-2,5-10H2/t12-/m1/s1. The lowest BCUT2D eigenvalue weighted by Gasteiger charge is -2.35. The second-order valence-electron chi connectivity index (χ2n) is 7.25. The molecule has 1 N–H and O–H groups in total. The van der Waals surface area contributed by atoms with E-state index in [-0.39, 0.29) is 30.1 Å². The summed E-state index contributed by atoms with van der Waals surface area (Å²) in [6, 6.07) is 2.98. The number of amides is 1. The molecule has 152 valence electrons. The number of likely N-dealkylation sites (tertiary alicyclic amines) is 1. The Hall–Kier alpha value is -2.43. The van der Waals surface area contributed by atoms with Crippen molar-refractivity contribution in [2.45, 2.75) is 37.9 Å². The minimum absolute atomic E-state index is 0.0189. The third-order valence-corrected chi connectivity index (χ3v) is 5.54. The first-order valence-corrected chi connectivity index (χ1v) is 9.34. The summed E-state index contributed by atoms with van der Waals surface area (Å²) in [5.41, 5.74) is 0.0326. The van der Waals surface area contributed by atoms with Crippen LogP contribution in [-0.2, 0) is 11.0 Å². The zero-order valence-electron chi connectivity index (χ0n) is 15.1. The van der Waals surface area contributed by atoms with E-state index in [1.165, 1.54) is 6.07 Å². The first-order chi connectivity index (χ1) is 13.4. The molecular weight excluding hydrogens is 377 g/mol. The van der Waals surface area contributed by atoms with Gasteiger partial charge in [-0.3, -0.25) is 4.79 Å². The lowest BCUT2D eigenvalue weighted by atomic mass is 9.95. The largest absolute Gasteiger partial charge is 0.453 e. The van der Waals surface area contributed by atoms with E-state index >= 15 is 0 Å². The minimum atomic E-state index is -4.64. The molecule has 28 heavy (non-hydrogen) atoms. The first-order valence-electron chi connectivity index (χ1n) is 9.34. The molecule has 2 saturated heterocycles. The monoisotopic (exact) mass is 398 g/mol. The molecule has 0 aromatic carbocycles. The van der Waals surface area contributed by atoms with Gasteiger partial charge in [0.15, 0.2) is 5.65 Å². The maximum absolute atomic E-state index is 13.0. The van der Waals surface area contributed by atoms with Gasteiger partial charge in [-0.25, -0.2) is 0 Å². The van der Waals surface area contributed by atoms with Gasteiger partial charge in [-0.15, -0.1) is 15.3 Å². The van der Waals surface area contributed by atoms with Gasteiger partial charge in [0.25, 0.3) is 5.82 Å². The molecule has 0 bridgehead atoms. The Morgan fingerprint density at radius 3 is 2.57 bits per heavy atom. The molecular formula is C17H21F3N6O2. The van der Waals surface area contributed by atoms with Crippen molar-refractivity contribution in [2.24, 2.45) is 5.92 Å². The van der Waals surface area contributed by atoms with Gasteiger partial charge in [0.05, 0.1) is 12.6 Å². The van der Waals surface area contributed by atoms with Crippen molar-refractivity contribution in [3.05, 3.63) is 18.0 Å². The first kappa shape index (κ1) is 18.9. The van der Waals surface area contributed by atoms with Crippen LogP contribution < -0.4 is 4.90 Å². The van der Waals surface area contributed by atoms with Crippen LogP contribution in [0.1, 0.15) is 31.5 Å². The Kier molecular flexibility index (Phi) is 4.86. The van der Waals surface area contributed by atoms with Crippen molar-refractivity contribution < 1.29 is 23.1 Å². The van der Waals surface area contributed by atoms with Crippen LogP contribution in [-0.4, -0.2) is 68.0 Å². The molecule has 1 atom stereocenters. The van der Waals surface area contributed by atoms with Crippen LogP contribution in [0.5, 0.6) is 0 Å². The number of piperidine rings is 1. The van der Waals surface area contributed by atoms with E-state index in [2.05, 4.69) is 15.3 Å². The van der Waals surface area contributed by atoms with Crippen LogP contribution in [0.15, 0.2) is 12.1 Å². The van der Waals surface area contributed by atoms with E-state index in [4.69, 9.17) is 0 Å². The van der Waals surface area contributed by atoms with Crippen LogP contribution in [0.2, 0.25) is 0 Å². The maximum Gasteiger partial charge on any atom is 0.453 e. The second-order valence-corrected chi connectivity index (χ2v) is 7.25. The van der Waals surface area contributed by atoms with Crippen molar-refractivity contribution in [1.29, 1.82) is 0 Å². The number of halogens is 3. The van der Waals surface area contributed by atoms with Crippen LogP contribution in [0.3, 0.4) is 0 Å². The normalized spacial score (nSPS) is 21.6. The summed E-state index contributed by atoms with van der Waals surface area (Å²) in [5.74, 6) is -0.817. The quantitative estimate of drug-likeness (QED) is 0.840. The third-order valence-electron chi connectivity index (χ3n) is 5.54. The number of carbonyl (C=O) groups is 1. The third kappa shape index (κ3) is 3.38. The number of aromatic nitrogens is 4. The lowest BCUT2D eigenvalue weighted by molar-refractivity contribution is -0.146. The van der Waals surface area contributed by atoms with Gasteiger partial charge in [-0.2, -0.15) is 17.7 Å². The fraction of sp³-hybridized carbons (Fsp3) is 0.647. The van der Waals surface area contributed by atoms with Crippen molar-refractivity contribution in [3.63, 3.8) is 0 Å². The van der Waals surface area contributed by atoms with Crippen LogP contribution in [0, 0.1) is 5.92 Å². The number of carbonyl (C=O) groups excluding carboxylic acids is 1. The number of aliphatic hydroxyl groups excluding tert-OH is 1. The highest BCUT2D eigenvalue weighted by atomic mass is 19.4. The number of hydrogen-bond donors (Lipinski definition) is 1.